The summed E-state index contributed by atoms with van der Waals surface area (Å²) in [6.45, 7) is 2.06. The van der Waals surface area contributed by atoms with Crippen LogP contribution in [0.5, 0.6) is 0 Å². The van der Waals surface area contributed by atoms with Crippen molar-refractivity contribution in [3.05, 3.63) is 41.6 Å². The zero-order valence-corrected chi connectivity index (χ0v) is 9.44. The second kappa shape index (κ2) is 4.19. The maximum atomic E-state index is 8.67. The second-order valence-corrected chi connectivity index (χ2v) is 3.85. The highest BCUT2D eigenvalue weighted by Gasteiger charge is 2.06. The van der Waals surface area contributed by atoms with E-state index in [0.29, 0.717) is 6.42 Å². The van der Waals surface area contributed by atoms with Crippen LogP contribution in [0.1, 0.15) is 11.3 Å². The lowest BCUT2D eigenvalue weighted by Crippen LogP contribution is -1.96. The molecule has 0 unspecified atom stereocenters. The van der Waals surface area contributed by atoms with Gasteiger partial charge >= 0.3 is 0 Å². The number of nitrogens with zero attached hydrogens (tertiary/aromatic N) is 3. The maximum absolute atomic E-state index is 8.67. The molecule has 0 saturated heterocycles. The highest BCUT2D eigenvalue weighted by molar-refractivity contribution is 5.59. The lowest BCUT2D eigenvalue weighted by molar-refractivity contribution is 0.731. The summed E-state index contributed by atoms with van der Waals surface area (Å²) in [6.07, 6.45) is 0.398. The van der Waals surface area contributed by atoms with Gasteiger partial charge in [0.2, 0.25) is 0 Å². The summed E-state index contributed by atoms with van der Waals surface area (Å²) >= 11 is 0. The molecule has 3 nitrogen and oxygen atoms in total. The summed E-state index contributed by atoms with van der Waals surface area (Å²) in [5, 5.41) is 13.1. The molecule has 2 rings (SSSR count). The van der Waals surface area contributed by atoms with E-state index in [0.717, 1.165) is 17.0 Å². The Morgan fingerprint density at radius 3 is 2.62 bits per heavy atom. The molecule has 0 amide bonds. The molecular weight excluding hydrogens is 198 g/mol. The van der Waals surface area contributed by atoms with E-state index in [4.69, 9.17) is 5.26 Å². The van der Waals surface area contributed by atoms with Gasteiger partial charge in [-0.3, -0.25) is 4.68 Å². The molecule has 1 heterocycles. The predicted octanol–water partition coefficient (Wildman–Crippen LogP) is 2.46. The van der Waals surface area contributed by atoms with Crippen molar-refractivity contribution in [1.29, 1.82) is 5.26 Å². The van der Waals surface area contributed by atoms with Crippen molar-refractivity contribution in [2.24, 2.45) is 7.05 Å². The van der Waals surface area contributed by atoms with Gasteiger partial charge in [-0.2, -0.15) is 10.4 Å². The van der Waals surface area contributed by atoms with Crippen molar-refractivity contribution in [3.8, 4) is 17.3 Å². The molecule has 16 heavy (non-hydrogen) atoms. The van der Waals surface area contributed by atoms with Gasteiger partial charge in [0.1, 0.15) is 0 Å². The van der Waals surface area contributed by atoms with Crippen molar-refractivity contribution in [3.63, 3.8) is 0 Å². The van der Waals surface area contributed by atoms with Crippen LogP contribution in [0.2, 0.25) is 0 Å². The van der Waals surface area contributed by atoms with Gasteiger partial charge in [-0.05, 0) is 13.0 Å². The lowest BCUT2D eigenvalue weighted by atomic mass is 10.1. The Bertz CT molecular complexity index is 529. The van der Waals surface area contributed by atoms with Gasteiger partial charge in [0.25, 0.3) is 0 Å². The number of nitriles is 1. The Balaban J connectivity index is 2.38. The smallest absolute Gasteiger partial charge is 0.0926 e. The van der Waals surface area contributed by atoms with E-state index in [-0.39, 0.29) is 0 Å². The molecule has 80 valence electrons. The third-order valence-corrected chi connectivity index (χ3v) is 2.58. The average molecular weight is 211 g/mol. The Morgan fingerprint density at radius 1 is 1.31 bits per heavy atom. The van der Waals surface area contributed by atoms with Crippen LogP contribution in [0.4, 0.5) is 0 Å². The van der Waals surface area contributed by atoms with E-state index in [2.05, 4.69) is 30.2 Å². The molecular formula is C13H13N3. The molecule has 0 aliphatic rings. The number of aromatic nitrogens is 2. The molecule has 3 heteroatoms. The molecule has 2 aromatic rings. The van der Waals surface area contributed by atoms with Gasteiger partial charge in [0.05, 0.1) is 23.9 Å². The first kappa shape index (κ1) is 10.4. The van der Waals surface area contributed by atoms with Crippen LogP contribution in [-0.2, 0) is 13.5 Å². The average Bonchev–Trinajstić information content (AvgIpc) is 2.62. The number of rotatable bonds is 2. The third-order valence-electron chi connectivity index (χ3n) is 2.58. The van der Waals surface area contributed by atoms with Crippen molar-refractivity contribution in [2.45, 2.75) is 13.3 Å². The molecule has 0 radical (unpaired) electrons. The van der Waals surface area contributed by atoms with E-state index in [1.807, 2.05) is 25.2 Å². The van der Waals surface area contributed by atoms with Crippen molar-refractivity contribution < 1.29 is 0 Å². The minimum absolute atomic E-state index is 0.398. The molecule has 0 bridgehead atoms. The minimum atomic E-state index is 0.398. The predicted molar refractivity (Wildman–Crippen MR) is 62.7 cm³/mol. The summed E-state index contributed by atoms with van der Waals surface area (Å²) in [5.74, 6) is 0. The van der Waals surface area contributed by atoms with E-state index in [9.17, 15) is 0 Å². The monoisotopic (exact) mass is 211 g/mol. The number of hydrogen-bond donors (Lipinski definition) is 0. The molecule has 0 aliphatic heterocycles. The van der Waals surface area contributed by atoms with Crippen molar-refractivity contribution >= 4 is 0 Å². The van der Waals surface area contributed by atoms with Crippen LogP contribution in [0.15, 0.2) is 30.3 Å². The van der Waals surface area contributed by atoms with Gasteiger partial charge < -0.3 is 0 Å². The van der Waals surface area contributed by atoms with Gasteiger partial charge in [0.15, 0.2) is 0 Å². The minimum Gasteiger partial charge on any atom is -0.271 e. The highest BCUT2D eigenvalue weighted by Crippen LogP contribution is 2.19. The molecule has 0 spiro atoms. The fourth-order valence-electron chi connectivity index (χ4n) is 1.62. The molecule has 0 aliphatic carbocycles. The number of hydrogen-bond acceptors (Lipinski definition) is 2. The van der Waals surface area contributed by atoms with Crippen molar-refractivity contribution in [1.82, 2.24) is 9.78 Å². The fourth-order valence-corrected chi connectivity index (χ4v) is 1.62. The summed E-state index contributed by atoms with van der Waals surface area (Å²) in [6, 6.07) is 12.3. The van der Waals surface area contributed by atoms with Crippen LogP contribution in [-0.4, -0.2) is 9.78 Å². The SMILES string of the molecule is Cc1ccc(-c2cc(CC#N)n(C)n2)cc1. The highest BCUT2D eigenvalue weighted by atomic mass is 15.3. The van der Waals surface area contributed by atoms with E-state index in [1.54, 1.807) is 4.68 Å². The largest absolute Gasteiger partial charge is 0.271 e. The summed E-state index contributed by atoms with van der Waals surface area (Å²) in [7, 11) is 1.87. The van der Waals surface area contributed by atoms with Crippen LogP contribution in [0, 0.1) is 18.3 Å². The Morgan fingerprint density at radius 2 is 2.00 bits per heavy atom. The topological polar surface area (TPSA) is 41.6 Å². The molecule has 0 fully saturated rings. The van der Waals surface area contributed by atoms with Crippen molar-refractivity contribution in [2.75, 3.05) is 0 Å². The lowest BCUT2D eigenvalue weighted by Gasteiger charge is -1.96. The number of aryl methyl sites for hydroxylation is 2. The normalized spacial score (nSPS) is 10.1. The summed E-state index contributed by atoms with van der Waals surface area (Å²) in [4.78, 5) is 0. The maximum Gasteiger partial charge on any atom is 0.0926 e. The zero-order chi connectivity index (χ0) is 11.5. The molecule has 0 N–H and O–H groups in total. The summed E-state index contributed by atoms with van der Waals surface area (Å²) < 4.78 is 1.76. The fraction of sp³-hybridized carbons (Fsp3) is 0.231. The Kier molecular flexibility index (Phi) is 2.74. The first-order valence-electron chi connectivity index (χ1n) is 5.17. The zero-order valence-electron chi connectivity index (χ0n) is 9.44. The molecule has 1 aromatic heterocycles. The second-order valence-electron chi connectivity index (χ2n) is 3.85. The Hall–Kier alpha value is -2.08. The quantitative estimate of drug-likeness (QED) is 0.765. The Labute approximate surface area is 94.9 Å². The molecule has 1 aromatic carbocycles. The standard InChI is InChI=1S/C13H13N3/c1-10-3-5-11(6-4-10)13-9-12(7-8-14)16(2)15-13/h3-6,9H,7H2,1-2H3. The van der Waals surface area contributed by atoms with Crippen LogP contribution >= 0.6 is 0 Å². The summed E-state index contributed by atoms with van der Waals surface area (Å²) in [5.41, 5.74) is 4.19. The number of benzene rings is 1. The molecule has 0 saturated carbocycles. The van der Waals surface area contributed by atoms with Gasteiger partial charge in [-0.1, -0.05) is 29.8 Å². The van der Waals surface area contributed by atoms with Gasteiger partial charge in [-0.25, -0.2) is 0 Å². The van der Waals surface area contributed by atoms with Gasteiger partial charge in [0, 0.05) is 12.6 Å². The van der Waals surface area contributed by atoms with Gasteiger partial charge in [-0.15, -0.1) is 0 Å². The van der Waals surface area contributed by atoms with E-state index in [1.165, 1.54) is 5.56 Å². The van der Waals surface area contributed by atoms with E-state index < -0.39 is 0 Å². The first-order chi connectivity index (χ1) is 7.70. The van der Waals surface area contributed by atoms with Crippen LogP contribution in [0.25, 0.3) is 11.3 Å². The van der Waals surface area contributed by atoms with Crippen LogP contribution < -0.4 is 0 Å². The first-order valence-corrected chi connectivity index (χ1v) is 5.17. The molecule has 0 atom stereocenters. The third kappa shape index (κ3) is 1.96. The van der Waals surface area contributed by atoms with E-state index >= 15 is 0 Å². The van der Waals surface area contributed by atoms with Crippen LogP contribution in [0.3, 0.4) is 0 Å².